The van der Waals surface area contributed by atoms with Gasteiger partial charge in [-0.2, -0.15) is 0 Å². The van der Waals surface area contributed by atoms with Crippen LogP contribution in [0, 0.1) is 6.92 Å². The topological polar surface area (TPSA) is 75.6 Å². The fraction of sp³-hybridized carbons (Fsp3) is 0.350. The molecule has 0 saturated carbocycles. The minimum atomic E-state index is -0.111. The van der Waals surface area contributed by atoms with Crippen molar-refractivity contribution in [1.29, 1.82) is 0 Å². The zero-order chi connectivity index (χ0) is 19.0. The minimum Gasteiger partial charge on any atom is -0.505 e. The molecule has 6 nitrogen and oxygen atoms in total. The van der Waals surface area contributed by atoms with E-state index in [4.69, 9.17) is 4.74 Å². The molecule has 1 amide bonds. The molecule has 0 bridgehead atoms. The van der Waals surface area contributed by atoms with E-state index < -0.39 is 0 Å². The van der Waals surface area contributed by atoms with Crippen LogP contribution in [0.2, 0.25) is 0 Å². The van der Waals surface area contributed by atoms with Crippen LogP contribution in [0.4, 0.5) is 0 Å². The third-order valence-corrected chi connectivity index (χ3v) is 5.95. The van der Waals surface area contributed by atoms with E-state index in [1.54, 1.807) is 7.11 Å². The summed E-state index contributed by atoms with van der Waals surface area (Å²) in [6.07, 6.45) is 3.17. The normalized spacial score (nSPS) is 14.5. The Morgan fingerprint density at radius 3 is 2.52 bits per heavy atom. The molecule has 27 heavy (non-hydrogen) atoms. The molecule has 1 aliphatic heterocycles. The Kier molecular flexibility index (Phi) is 4.70. The molecule has 1 aliphatic rings. The van der Waals surface area contributed by atoms with Crippen LogP contribution in [-0.2, 0) is 0 Å². The molecule has 0 radical (unpaired) electrons. The first-order valence-corrected chi connectivity index (χ1v) is 9.84. The number of carbonyl (C=O) groups excluding carboxylic acids is 1. The van der Waals surface area contributed by atoms with Gasteiger partial charge in [-0.15, -0.1) is 11.3 Å². The van der Waals surface area contributed by atoms with Crippen LogP contribution in [0.15, 0.2) is 24.3 Å². The van der Waals surface area contributed by atoms with Gasteiger partial charge < -0.3 is 14.7 Å². The number of rotatable bonds is 3. The van der Waals surface area contributed by atoms with Crippen LogP contribution in [-0.4, -0.2) is 46.1 Å². The van der Waals surface area contributed by atoms with E-state index in [1.165, 1.54) is 11.3 Å². The van der Waals surface area contributed by atoms with Gasteiger partial charge in [0.25, 0.3) is 5.91 Å². The molecule has 3 heterocycles. The zero-order valence-corrected chi connectivity index (χ0v) is 16.2. The number of benzene rings is 1. The average Bonchev–Trinajstić information content (AvgIpc) is 3.05. The maximum absolute atomic E-state index is 12.8. The quantitative estimate of drug-likeness (QED) is 0.740. The van der Waals surface area contributed by atoms with Crippen LogP contribution < -0.4 is 4.74 Å². The number of thiophene rings is 1. The molecule has 7 heteroatoms. The van der Waals surface area contributed by atoms with Gasteiger partial charge >= 0.3 is 0 Å². The van der Waals surface area contributed by atoms with Crippen LogP contribution in [0.3, 0.4) is 0 Å². The van der Waals surface area contributed by atoms with Gasteiger partial charge in [-0.1, -0.05) is 0 Å². The second-order valence-electron chi connectivity index (χ2n) is 6.67. The summed E-state index contributed by atoms with van der Waals surface area (Å²) in [4.78, 5) is 24.8. The molecule has 1 N–H and O–H groups in total. The molecule has 1 saturated heterocycles. The van der Waals surface area contributed by atoms with Crippen molar-refractivity contribution < 1.29 is 14.6 Å². The van der Waals surface area contributed by atoms with Gasteiger partial charge in [0, 0.05) is 18.7 Å². The van der Waals surface area contributed by atoms with E-state index in [9.17, 15) is 9.90 Å². The summed E-state index contributed by atoms with van der Waals surface area (Å²) in [5.74, 6) is 1.23. The maximum Gasteiger partial charge on any atom is 0.267 e. The van der Waals surface area contributed by atoms with Gasteiger partial charge in [0.15, 0.2) is 11.6 Å². The van der Waals surface area contributed by atoms with E-state index in [2.05, 4.69) is 9.97 Å². The van der Waals surface area contributed by atoms with Crippen LogP contribution in [0.5, 0.6) is 11.5 Å². The van der Waals surface area contributed by atoms with Crippen molar-refractivity contribution in [3.05, 3.63) is 34.8 Å². The molecule has 0 aliphatic carbocycles. The van der Waals surface area contributed by atoms with Crippen molar-refractivity contribution in [2.45, 2.75) is 26.2 Å². The lowest BCUT2D eigenvalue weighted by Crippen LogP contribution is -2.35. The summed E-state index contributed by atoms with van der Waals surface area (Å²) < 4.78 is 5.19. The molecule has 4 rings (SSSR count). The highest BCUT2D eigenvalue weighted by atomic mass is 32.1. The highest BCUT2D eigenvalue weighted by Crippen LogP contribution is 2.39. The molecule has 2 aromatic heterocycles. The number of carbonyl (C=O) groups is 1. The third-order valence-electron chi connectivity index (χ3n) is 4.89. The van der Waals surface area contributed by atoms with Gasteiger partial charge in [0.2, 0.25) is 0 Å². The Hall–Kier alpha value is -2.67. The summed E-state index contributed by atoms with van der Waals surface area (Å²) >= 11 is 1.24. The number of piperidine rings is 1. The number of aromatic hydroxyl groups is 1. The van der Waals surface area contributed by atoms with Gasteiger partial charge in [-0.3, -0.25) is 4.79 Å². The number of likely N-dealkylation sites (tertiary alicyclic amines) is 1. The maximum atomic E-state index is 12.8. The van der Waals surface area contributed by atoms with E-state index in [0.717, 1.165) is 43.7 Å². The standard InChI is InChI=1S/C20H21N3O3S/c1-12-15-16(24)17(20(25)23-10-4-3-5-11-23)27-19(15)22-18(21-12)13-6-8-14(26-2)9-7-13/h6-9,24H,3-5,10-11H2,1-2H3. The van der Waals surface area contributed by atoms with Crippen molar-refractivity contribution in [3.8, 4) is 22.9 Å². The van der Waals surface area contributed by atoms with E-state index >= 15 is 0 Å². The molecular weight excluding hydrogens is 362 g/mol. The number of aryl methyl sites for hydroxylation is 1. The van der Waals surface area contributed by atoms with Gasteiger partial charge in [-0.25, -0.2) is 9.97 Å². The Labute approximate surface area is 161 Å². The lowest BCUT2D eigenvalue weighted by molar-refractivity contribution is 0.0726. The molecule has 0 spiro atoms. The molecule has 0 unspecified atom stereocenters. The molecule has 1 fully saturated rings. The van der Waals surface area contributed by atoms with Crippen molar-refractivity contribution in [3.63, 3.8) is 0 Å². The summed E-state index contributed by atoms with van der Waals surface area (Å²) in [5, 5.41) is 11.2. The first kappa shape index (κ1) is 17.7. The van der Waals surface area contributed by atoms with Crippen molar-refractivity contribution in [2.24, 2.45) is 0 Å². The van der Waals surface area contributed by atoms with Crippen molar-refractivity contribution >= 4 is 27.5 Å². The summed E-state index contributed by atoms with van der Waals surface area (Å²) in [6.45, 7) is 3.32. The highest BCUT2D eigenvalue weighted by Gasteiger charge is 2.26. The van der Waals surface area contributed by atoms with E-state index in [-0.39, 0.29) is 11.7 Å². The lowest BCUT2D eigenvalue weighted by atomic mass is 10.1. The largest absolute Gasteiger partial charge is 0.505 e. The number of fused-ring (bicyclic) bond motifs is 1. The third kappa shape index (κ3) is 3.23. The molecule has 0 atom stereocenters. The molecule has 3 aromatic rings. The average molecular weight is 383 g/mol. The first-order valence-electron chi connectivity index (χ1n) is 9.02. The second-order valence-corrected chi connectivity index (χ2v) is 7.67. The summed E-state index contributed by atoms with van der Waals surface area (Å²) in [7, 11) is 1.62. The van der Waals surface area contributed by atoms with Crippen LogP contribution >= 0.6 is 11.3 Å². The zero-order valence-electron chi connectivity index (χ0n) is 15.4. The number of nitrogens with zero attached hydrogens (tertiary/aromatic N) is 3. The lowest BCUT2D eigenvalue weighted by Gasteiger charge is -2.26. The fourth-order valence-electron chi connectivity index (χ4n) is 3.41. The molecule has 140 valence electrons. The number of amides is 1. The number of aromatic nitrogens is 2. The Bertz CT molecular complexity index is 992. The number of ether oxygens (including phenoxy) is 1. The Balaban J connectivity index is 1.75. The Morgan fingerprint density at radius 1 is 1.15 bits per heavy atom. The fourth-order valence-corrected chi connectivity index (χ4v) is 4.49. The number of hydrogen-bond donors (Lipinski definition) is 1. The SMILES string of the molecule is COc1ccc(-c2nc(C)c3c(O)c(C(=O)N4CCCCC4)sc3n2)cc1. The summed E-state index contributed by atoms with van der Waals surface area (Å²) in [6, 6.07) is 7.50. The van der Waals surface area contributed by atoms with Gasteiger partial charge in [0.05, 0.1) is 18.2 Å². The van der Waals surface area contributed by atoms with Crippen molar-refractivity contribution in [2.75, 3.05) is 20.2 Å². The van der Waals surface area contributed by atoms with Crippen LogP contribution in [0.25, 0.3) is 21.6 Å². The summed E-state index contributed by atoms with van der Waals surface area (Å²) in [5.41, 5.74) is 1.52. The second kappa shape index (κ2) is 7.15. The van der Waals surface area contributed by atoms with E-state index in [0.29, 0.717) is 26.6 Å². The predicted molar refractivity (Wildman–Crippen MR) is 106 cm³/mol. The minimum absolute atomic E-state index is 0.00403. The number of hydrogen-bond acceptors (Lipinski definition) is 6. The number of methoxy groups -OCH3 is 1. The van der Waals surface area contributed by atoms with E-state index in [1.807, 2.05) is 36.1 Å². The highest BCUT2D eigenvalue weighted by molar-refractivity contribution is 7.21. The monoisotopic (exact) mass is 383 g/mol. The predicted octanol–water partition coefficient (Wildman–Crippen LogP) is 4.01. The van der Waals surface area contributed by atoms with Crippen LogP contribution in [0.1, 0.15) is 34.6 Å². The first-order chi connectivity index (χ1) is 13.1. The smallest absolute Gasteiger partial charge is 0.267 e. The van der Waals surface area contributed by atoms with Crippen molar-refractivity contribution in [1.82, 2.24) is 14.9 Å². The Morgan fingerprint density at radius 2 is 1.85 bits per heavy atom. The molecule has 1 aromatic carbocycles. The van der Waals surface area contributed by atoms with Gasteiger partial charge in [-0.05, 0) is 50.5 Å². The van der Waals surface area contributed by atoms with Gasteiger partial charge in [0.1, 0.15) is 15.5 Å². The molecular formula is C20H21N3O3S.